The molecule has 0 saturated heterocycles. The van der Waals surface area contributed by atoms with Crippen LogP contribution >= 0.6 is 0 Å². The summed E-state index contributed by atoms with van der Waals surface area (Å²) in [6.45, 7) is 2.37. The van der Waals surface area contributed by atoms with E-state index in [9.17, 15) is 8.42 Å². The Hall–Kier alpha value is -0.910. The lowest BCUT2D eigenvalue weighted by molar-refractivity contribution is 0.563. The largest absolute Gasteiger partial charge is 0.326 e. The first kappa shape index (κ1) is 13.5. The van der Waals surface area contributed by atoms with Crippen LogP contribution < -0.4 is 10.5 Å². The number of rotatable bonds is 6. The summed E-state index contributed by atoms with van der Waals surface area (Å²) in [6.07, 6.45) is 2.08. The van der Waals surface area contributed by atoms with Gasteiger partial charge in [-0.05, 0) is 36.8 Å². The highest BCUT2D eigenvalue weighted by Crippen LogP contribution is 2.30. The molecule has 1 saturated carbocycles. The van der Waals surface area contributed by atoms with E-state index in [1.54, 1.807) is 0 Å². The highest BCUT2D eigenvalue weighted by atomic mass is 32.2. The zero-order chi connectivity index (χ0) is 13.2. The van der Waals surface area contributed by atoms with Crippen LogP contribution in [-0.4, -0.2) is 14.2 Å². The predicted molar refractivity (Wildman–Crippen MR) is 72.4 cm³/mol. The molecular formula is C13H20N2O2S. The van der Waals surface area contributed by atoms with Gasteiger partial charge in [0.1, 0.15) is 0 Å². The number of benzene rings is 1. The Morgan fingerprint density at radius 2 is 1.94 bits per heavy atom. The van der Waals surface area contributed by atoms with Gasteiger partial charge in [-0.2, -0.15) is 0 Å². The van der Waals surface area contributed by atoms with Crippen LogP contribution in [0.15, 0.2) is 24.3 Å². The monoisotopic (exact) mass is 268 g/mol. The quantitative estimate of drug-likeness (QED) is 0.822. The third-order valence-electron chi connectivity index (χ3n) is 3.22. The number of sulfonamides is 1. The third kappa shape index (κ3) is 3.80. The Labute approximate surface area is 109 Å². The van der Waals surface area contributed by atoms with Gasteiger partial charge in [0, 0.05) is 12.6 Å². The molecule has 1 atom stereocenters. The summed E-state index contributed by atoms with van der Waals surface area (Å²) in [5.41, 5.74) is 7.54. The smallest absolute Gasteiger partial charge is 0.212 e. The second-order valence-corrected chi connectivity index (χ2v) is 6.81. The van der Waals surface area contributed by atoms with Crippen LogP contribution in [0.3, 0.4) is 0 Å². The van der Waals surface area contributed by atoms with Gasteiger partial charge in [0.15, 0.2) is 0 Å². The standard InChI is InChI=1S/C13H20N2O2S/c1-10(13-6-4-11(8-14)5-7-13)15-18(16,17)9-12-2-3-12/h4-7,10,12,15H,2-3,8-9,14H2,1H3. The molecule has 0 heterocycles. The van der Waals surface area contributed by atoms with Gasteiger partial charge in [0.25, 0.3) is 0 Å². The first-order valence-electron chi connectivity index (χ1n) is 6.29. The van der Waals surface area contributed by atoms with Gasteiger partial charge >= 0.3 is 0 Å². The molecule has 1 aromatic carbocycles. The summed E-state index contributed by atoms with van der Waals surface area (Å²) < 4.78 is 26.4. The molecular weight excluding hydrogens is 248 g/mol. The lowest BCUT2D eigenvalue weighted by Gasteiger charge is -2.14. The molecule has 0 spiro atoms. The highest BCUT2D eigenvalue weighted by Gasteiger charge is 2.28. The average Bonchev–Trinajstić information content (AvgIpc) is 3.11. The minimum absolute atomic E-state index is 0.194. The minimum atomic E-state index is -3.16. The van der Waals surface area contributed by atoms with Gasteiger partial charge in [-0.15, -0.1) is 0 Å². The number of hydrogen-bond acceptors (Lipinski definition) is 3. The van der Waals surface area contributed by atoms with Crippen molar-refractivity contribution in [2.24, 2.45) is 11.7 Å². The second-order valence-electron chi connectivity index (χ2n) is 5.01. The molecule has 0 amide bonds. The van der Waals surface area contributed by atoms with E-state index in [1.165, 1.54) is 0 Å². The van der Waals surface area contributed by atoms with Crippen molar-refractivity contribution >= 4 is 10.0 Å². The van der Waals surface area contributed by atoms with Crippen LogP contribution in [0.1, 0.15) is 36.9 Å². The molecule has 1 aliphatic carbocycles. The zero-order valence-electron chi connectivity index (χ0n) is 10.6. The van der Waals surface area contributed by atoms with Crippen LogP contribution in [0.2, 0.25) is 0 Å². The summed E-state index contributed by atoms with van der Waals surface area (Å²) in [5.74, 6) is 0.632. The Kier molecular flexibility index (Phi) is 4.04. The van der Waals surface area contributed by atoms with Gasteiger partial charge < -0.3 is 5.73 Å². The van der Waals surface area contributed by atoms with E-state index >= 15 is 0 Å². The first-order valence-corrected chi connectivity index (χ1v) is 7.94. The molecule has 0 aromatic heterocycles. The van der Waals surface area contributed by atoms with Crippen molar-refractivity contribution in [1.82, 2.24) is 4.72 Å². The highest BCUT2D eigenvalue weighted by molar-refractivity contribution is 7.89. The van der Waals surface area contributed by atoms with Crippen molar-refractivity contribution in [3.8, 4) is 0 Å². The fraction of sp³-hybridized carbons (Fsp3) is 0.538. The van der Waals surface area contributed by atoms with E-state index in [2.05, 4.69) is 4.72 Å². The van der Waals surface area contributed by atoms with Crippen molar-refractivity contribution in [2.75, 3.05) is 5.75 Å². The van der Waals surface area contributed by atoms with Crippen molar-refractivity contribution in [2.45, 2.75) is 32.4 Å². The molecule has 1 fully saturated rings. The fourth-order valence-electron chi connectivity index (χ4n) is 1.92. The summed E-state index contributed by atoms with van der Waals surface area (Å²) in [5, 5.41) is 0. The molecule has 1 aromatic rings. The summed E-state index contributed by atoms with van der Waals surface area (Å²) in [4.78, 5) is 0. The maximum Gasteiger partial charge on any atom is 0.212 e. The lowest BCUT2D eigenvalue weighted by Crippen LogP contribution is -2.29. The van der Waals surface area contributed by atoms with E-state index in [-0.39, 0.29) is 11.8 Å². The normalized spacial score (nSPS) is 17.7. The Morgan fingerprint density at radius 3 is 2.44 bits per heavy atom. The molecule has 4 nitrogen and oxygen atoms in total. The van der Waals surface area contributed by atoms with Crippen LogP contribution in [0.5, 0.6) is 0 Å². The van der Waals surface area contributed by atoms with E-state index in [0.717, 1.165) is 24.0 Å². The molecule has 100 valence electrons. The van der Waals surface area contributed by atoms with Crippen molar-refractivity contribution in [3.05, 3.63) is 35.4 Å². The number of nitrogens with one attached hydrogen (secondary N) is 1. The molecule has 5 heteroatoms. The summed E-state index contributed by atoms with van der Waals surface area (Å²) in [6, 6.07) is 7.52. The number of hydrogen-bond donors (Lipinski definition) is 2. The SMILES string of the molecule is CC(NS(=O)(=O)CC1CC1)c1ccc(CN)cc1. The molecule has 2 rings (SSSR count). The van der Waals surface area contributed by atoms with Crippen LogP contribution in [0.25, 0.3) is 0 Å². The minimum Gasteiger partial charge on any atom is -0.326 e. The predicted octanol–water partition coefficient (Wildman–Crippen LogP) is 1.54. The van der Waals surface area contributed by atoms with Crippen molar-refractivity contribution in [3.63, 3.8) is 0 Å². The summed E-state index contributed by atoms with van der Waals surface area (Å²) in [7, 11) is -3.16. The Morgan fingerprint density at radius 1 is 1.33 bits per heavy atom. The lowest BCUT2D eigenvalue weighted by atomic mass is 10.1. The second kappa shape index (κ2) is 5.38. The maximum atomic E-state index is 11.9. The first-order chi connectivity index (χ1) is 8.50. The van der Waals surface area contributed by atoms with Crippen LogP contribution in [0, 0.1) is 5.92 Å². The van der Waals surface area contributed by atoms with E-state index in [0.29, 0.717) is 12.5 Å². The Balaban J connectivity index is 1.99. The molecule has 1 aliphatic rings. The molecule has 3 N–H and O–H groups in total. The van der Waals surface area contributed by atoms with Crippen LogP contribution in [-0.2, 0) is 16.6 Å². The topological polar surface area (TPSA) is 72.2 Å². The average molecular weight is 268 g/mol. The van der Waals surface area contributed by atoms with E-state index < -0.39 is 10.0 Å². The molecule has 1 unspecified atom stereocenters. The van der Waals surface area contributed by atoms with Gasteiger partial charge in [-0.3, -0.25) is 0 Å². The van der Waals surface area contributed by atoms with Gasteiger partial charge in [0.2, 0.25) is 10.0 Å². The van der Waals surface area contributed by atoms with Crippen molar-refractivity contribution < 1.29 is 8.42 Å². The van der Waals surface area contributed by atoms with Gasteiger partial charge in [-0.25, -0.2) is 13.1 Å². The van der Waals surface area contributed by atoms with E-state index in [1.807, 2.05) is 31.2 Å². The zero-order valence-corrected chi connectivity index (χ0v) is 11.4. The van der Waals surface area contributed by atoms with Crippen molar-refractivity contribution in [1.29, 1.82) is 0 Å². The summed E-state index contributed by atoms with van der Waals surface area (Å²) >= 11 is 0. The van der Waals surface area contributed by atoms with E-state index in [4.69, 9.17) is 5.73 Å². The van der Waals surface area contributed by atoms with Gasteiger partial charge in [0.05, 0.1) is 5.75 Å². The van der Waals surface area contributed by atoms with Gasteiger partial charge in [-0.1, -0.05) is 24.3 Å². The molecule has 0 bridgehead atoms. The Bertz CT molecular complexity index is 492. The maximum absolute atomic E-state index is 11.9. The molecule has 18 heavy (non-hydrogen) atoms. The molecule has 0 aliphatic heterocycles. The fourth-order valence-corrected chi connectivity index (χ4v) is 3.65. The third-order valence-corrected chi connectivity index (χ3v) is 4.85. The molecule has 0 radical (unpaired) electrons. The number of nitrogens with two attached hydrogens (primary N) is 1. The van der Waals surface area contributed by atoms with Crippen LogP contribution in [0.4, 0.5) is 0 Å².